The first kappa shape index (κ1) is 7.91. The summed E-state index contributed by atoms with van der Waals surface area (Å²) in [6.07, 6.45) is 0. The van der Waals surface area contributed by atoms with Crippen LogP contribution in [0.4, 0.5) is 0 Å². The third-order valence-electron chi connectivity index (χ3n) is 1.90. The van der Waals surface area contributed by atoms with Crippen LogP contribution in [0.5, 0.6) is 5.75 Å². The number of nitrogens with one attached hydrogen (secondary N) is 1. The maximum Gasteiger partial charge on any atom is 0.175 e. The van der Waals surface area contributed by atoms with Crippen molar-refractivity contribution < 1.29 is 5.11 Å². The summed E-state index contributed by atoms with van der Waals surface area (Å²) in [5, 5.41) is 16.3. The van der Waals surface area contributed by atoms with Gasteiger partial charge in [-0.05, 0) is 31.2 Å². The van der Waals surface area contributed by atoms with Crippen LogP contribution in [0.3, 0.4) is 0 Å². The number of aryl methyl sites for hydroxylation is 1. The number of hydrogen-bond acceptors (Lipinski definition) is 2. The summed E-state index contributed by atoms with van der Waals surface area (Å²) in [5.41, 5.74) is 0.988. The first-order valence-corrected chi connectivity index (χ1v) is 4.22. The molecule has 4 nitrogen and oxygen atoms in total. The molecular weight excluding hydrogens is 166 g/mol. The van der Waals surface area contributed by atoms with Gasteiger partial charge in [-0.1, -0.05) is 0 Å². The maximum atomic E-state index is 9.06. The minimum absolute atomic E-state index is 0.274. The van der Waals surface area contributed by atoms with Gasteiger partial charge >= 0.3 is 0 Å². The van der Waals surface area contributed by atoms with Crippen molar-refractivity contribution in [3.05, 3.63) is 24.3 Å². The Balaban J connectivity index is 2.23. The van der Waals surface area contributed by atoms with Crippen LogP contribution >= 0.6 is 0 Å². The van der Waals surface area contributed by atoms with Crippen LogP contribution in [0, 0.1) is 0 Å². The molecule has 0 unspecified atom stereocenters. The van der Waals surface area contributed by atoms with Gasteiger partial charge < -0.3 is 5.11 Å². The zero-order chi connectivity index (χ0) is 9.26. The molecule has 2 aromatic rings. The number of aromatic amines is 1. The standard InChI is InChI=1S/C9H11N3O/c1-2-12-10-9(11-12)7-3-5-8(13)6-4-7/h3-6,13H,2H2,1H3,(H,10,11). The molecule has 0 aliphatic rings. The van der Waals surface area contributed by atoms with E-state index in [9.17, 15) is 0 Å². The van der Waals surface area contributed by atoms with E-state index >= 15 is 0 Å². The lowest BCUT2D eigenvalue weighted by Crippen LogP contribution is -2.14. The molecular formula is C9H11N3O. The third kappa shape index (κ3) is 1.42. The van der Waals surface area contributed by atoms with E-state index in [1.165, 1.54) is 0 Å². The number of nitrogens with zero attached hydrogens (tertiary/aromatic N) is 2. The summed E-state index contributed by atoms with van der Waals surface area (Å²) in [4.78, 5) is 1.75. The molecule has 0 fully saturated rings. The largest absolute Gasteiger partial charge is 0.508 e. The lowest BCUT2D eigenvalue weighted by Gasteiger charge is -2.11. The van der Waals surface area contributed by atoms with E-state index in [-0.39, 0.29) is 5.75 Å². The molecule has 0 aliphatic carbocycles. The van der Waals surface area contributed by atoms with Gasteiger partial charge in [0.15, 0.2) is 5.82 Å². The summed E-state index contributed by atoms with van der Waals surface area (Å²) in [6, 6.07) is 6.95. The van der Waals surface area contributed by atoms with Gasteiger partial charge in [0.2, 0.25) is 0 Å². The molecule has 0 atom stereocenters. The molecule has 0 spiro atoms. The van der Waals surface area contributed by atoms with E-state index in [0.29, 0.717) is 0 Å². The van der Waals surface area contributed by atoms with Crippen molar-refractivity contribution >= 4 is 0 Å². The fourth-order valence-corrected chi connectivity index (χ4v) is 1.14. The summed E-state index contributed by atoms with van der Waals surface area (Å²) < 4.78 is 0. The second-order valence-electron chi connectivity index (χ2n) is 2.82. The predicted octanol–water partition coefficient (Wildman–Crippen LogP) is 1.60. The fraction of sp³-hybridized carbons (Fsp3) is 0.222. The number of hydrogen-bond donors (Lipinski definition) is 2. The number of aromatic hydroxyl groups is 1. The van der Waals surface area contributed by atoms with Gasteiger partial charge in [-0.15, -0.1) is 5.10 Å². The smallest absolute Gasteiger partial charge is 0.175 e. The molecule has 0 radical (unpaired) electrons. The molecule has 2 N–H and O–H groups in total. The van der Waals surface area contributed by atoms with Crippen LogP contribution in [-0.4, -0.2) is 20.1 Å². The van der Waals surface area contributed by atoms with E-state index in [0.717, 1.165) is 17.9 Å². The van der Waals surface area contributed by atoms with E-state index in [2.05, 4.69) is 10.2 Å². The fourth-order valence-electron chi connectivity index (χ4n) is 1.14. The van der Waals surface area contributed by atoms with Gasteiger partial charge in [-0.2, -0.15) is 0 Å². The Kier molecular flexibility index (Phi) is 1.81. The van der Waals surface area contributed by atoms with Gasteiger partial charge in [-0.25, -0.2) is 4.80 Å². The highest BCUT2D eigenvalue weighted by Gasteiger charge is 2.04. The highest BCUT2D eigenvalue weighted by molar-refractivity contribution is 5.55. The van der Waals surface area contributed by atoms with Crippen molar-refractivity contribution in [3.8, 4) is 17.1 Å². The number of phenolic OH excluding ortho intramolecular Hbond substituents is 1. The molecule has 0 bridgehead atoms. The SMILES string of the molecule is CCn1nc(-c2ccc(O)cc2)[nH]1. The Morgan fingerprint density at radius 1 is 1.38 bits per heavy atom. The first-order valence-electron chi connectivity index (χ1n) is 4.22. The topological polar surface area (TPSA) is 53.8 Å². The van der Waals surface area contributed by atoms with Crippen LogP contribution < -0.4 is 0 Å². The normalized spacial score (nSPS) is 10.5. The third-order valence-corrected chi connectivity index (χ3v) is 1.90. The Morgan fingerprint density at radius 2 is 2.00 bits per heavy atom. The number of H-pyrrole nitrogens is 1. The summed E-state index contributed by atoms with van der Waals surface area (Å²) >= 11 is 0. The van der Waals surface area contributed by atoms with Crippen molar-refractivity contribution in [2.75, 3.05) is 0 Å². The molecule has 13 heavy (non-hydrogen) atoms. The highest BCUT2D eigenvalue weighted by atomic mass is 16.3. The molecule has 0 saturated carbocycles. The van der Waals surface area contributed by atoms with E-state index in [4.69, 9.17) is 5.11 Å². The van der Waals surface area contributed by atoms with E-state index in [1.54, 1.807) is 16.9 Å². The van der Waals surface area contributed by atoms with Crippen LogP contribution in [0.2, 0.25) is 0 Å². The molecule has 4 heteroatoms. The van der Waals surface area contributed by atoms with Crippen LogP contribution in [0.1, 0.15) is 6.92 Å². The molecule has 1 aromatic carbocycles. The predicted molar refractivity (Wildman–Crippen MR) is 49.4 cm³/mol. The molecule has 1 aromatic heterocycles. The molecule has 0 saturated heterocycles. The number of benzene rings is 1. The Morgan fingerprint density at radius 3 is 2.54 bits per heavy atom. The molecule has 0 amide bonds. The highest BCUT2D eigenvalue weighted by Crippen LogP contribution is 2.18. The number of phenols is 1. The Bertz CT molecular complexity index is 373. The zero-order valence-electron chi connectivity index (χ0n) is 7.36. The Hall–Kier alpha value is -1.71. The van der Waals surface area contributed by atoms with Crippen molar-refractivity contribution in [2.24, 2.45) is 0 Å². The number of rotatable bonds is 2. The minimum Gasteiger partial charge on any atom is -0.508 e. The molecule has 1 heterocycles. The Labute approximate surface area is 75.8 Å². The monoisotopic (exact) mass is 177 g/mol. The van der Waals surface area contributed by atoms with Crippen molar-refractivity contribution in [1.82, 2.24) is 15.0 Å². The molecule has 68 valence electrons. The van der Waals surface area contributed by atoms with Gasteiger partial charge in [-0.3, -0.25) is 5.10 Å². The zero-order valence-corrected chi connectivity index (χ0v) is 7.36. The maximum absolute atomic E-state index is 9.06. The van der Waals surface area contributed by atoms with Gasteiger partial charge in [0.1, 0.15) is 5.75 Å². The van der Waals surface area contributed by atoms with Gasteiger partial charge in [0.25, 0.3) is 0 Å². The van der Waals surface area contributed by atoms with Gasteiger partial charge in [0, 0.05) is 5.56 Å². The van der Waals surface area contributed by atoms with E-state index < -0.39 is 0 Å². The molecule has 0 aliphatic heterocycles. The summed E-state index contributed by atoms with van der Waals surface area (Å²) in [6.45, 7) is 2.87. The first-order chi connectivity index (χ1) is 6.29. The lowest BCUT2D eigenvalue weighted by atomic mass is 10.2. The summed E-state index contributed by atoms with van der Waals surface area (Å²) in [5.74, 6) is 1.12. The van der Waals surface area contributed by atoms with E-state index in [1.807, 2.05) is 19.1 Å². The van der Waals surface area contributed by atoms with Crippen LogP contribution in [-0.2, 0) is 6.54 Å². The van der Waals surface area contributed by atoms with Gasteiger partial charge in [0.05, 0.1) is 6.54 Å². The van der Waals surface area contributed by atoms with Crippen molar-refractivity contribution in [1.29, 1.82) is 0 Å². The quantitative estimate of drug-likeness (QED) is 0.732. The van der Waals surface area contributed by atoms with Crippen molar-refractivity contribution in [2.45, 2.75) is 13.5 Å². The van der Waals surface area contributed by atoms with Crippen LogP contribution in [0.25, 0.3) is 11.4 Å². The second-order valence-corrected chi connectivity index (χ2v) is 2.82. The van der Waals surface area contributed by atoms with Crippen LogP contribution in [0.15, 0.2) is 24.3 Å². The second kappa shape index (κ2) is 2.97. The number of aromatic nitrogens is 3. The molecule has 2 rings (SSSR count). The lowest BCUT2D eigenvalue weighted by molar-refractivity contribution is 0.475. The average Bonchev–Trinajstić information content (AvgIpc) is 2.06. The van der Waals surface area contributed by atoms with Crippen molar-refractivity contribution in [3.63, 3.8) is 0 Å². The minimum atomic E-state index is 0.274. The summed E-state index contributed by atoms with van der Waals surface area (Å²) in [7, 11) is 0. The average molecular weight is 177 g/mol.